The number of nitrogens with two attached hydrogens (primary N) is 1. The molecule has 0 spiro atoms. The number of anilines is 4. The topological polar surface area (TPSA) is 67.1 Å². The van der Waals surface area contributed by atoms with Gasteiger partial charge < -0.3 is 16.0 Å². The molecule has 0 unspecified atom stereocenters. The summed E-state index contributed by atoms with van der Waals surface area (Å²) < 4.78 is 0. The summed E-state index contributed by atoms with van der Waals surface area (Å²) in [5.41, 5.74) is 9.47. The molecule has 0 bridgehead atoms. The van der Waals surface area contributed by atoms with Gasteiger partial charge in [-0.2, -0.15) is 0 Å². The van der Waals surface area contributed by atoms with E-state index in [1.165, 1.54) is 11.3 Å². The number of hydrogen-bond donors (Lipinski definition) is 2. The minimum atomic E-state index is 0.627. The van der Waals surface area contributed by atoms with Crippen molar-refractivity contribution in [3.05, 3.63) is 36.2 Å². The summed E-state index contributed by atoms with van der Waals surface area (Å²) in [6, 6.07) is 8.45. The Morgan fingerprint density at radius 2 is 2.14 bits per heavy atom. The fourth-order valence-electron chi connectivity index (χ4n) is 2.74. The van der Waals surface area contributed by atoms with Gasteiger partial charge in [-0.15, -0.1) is 0 Å². The van der Waals surface area contributed by atoms with Gasteiger partial charge in [0.25, 0.3) is 0 Å². The van der Waals surface area contributed by atoms with Gasteiger partial charge in [0, 0.05) is 18.8 Å². The van der Waals surface area contributed by atoms with Crippen molar-refractivity contribution in [3.63, 3.8) is 0 Å². The predicted octanol–water partition coefficient (Wildman–Crippen LogP) is 2.97. The Morgan fingerprint density at radius 1 is 1.29 bits per heavy atom. The quantitative estimate of drug-likeness (QED) is 0.903. The molecule has 0 fully saturated rings. The number of aryl methyl sites for hydroxylation is 1. The van der Waals surface area contributed by atoms with Crippen molar-refractivity contribution < 1.29 is 0 Å². The van der Waals surface area contributed by atoms with Crippen molar-refractivity contribution in [2.75, 3.05) is 29.0 Å². The molecule has 1 aliphatic heterocycles. The lowest BCUT2D eigenvalue weighted by atomic mass is 10.0. The van der Waals surface area contributed by atoms with E-state index in [4.69, 9.17) is 5.73 Å². The zero-order valence-corrected chi connectivity index (χ0v) is 12.3. The molecular formula is C16H21N5. The van der Waals surface area contributed by atoms with E-state index in [2.05, 4.69) is 51.4 Å². The zero-order valence-electron chi connectivity index (χ0n) is 12.3. The van der Waals surface area contributed by atoms with Crippen LogP contribution in [0.2, 0.25) is 0 Å². The number of fused-ring (bicyclic) bond motifs is 1. The van der Waals surface area contributed by atoms with Gasteiger partial charge in [0.1, 0.15) is 12.0 Å². The third-order valence-corrected chi connectivity index (χ3v) is 3.77. The van der Waals surface area contributed by atoms with Crippen LogP contribution in [0.15, 0.2) is 30.6 Å². The SMILES string of the molecule is CCCNc1ncnc(N2CCCc3ccccc32)c1N. The molecule has 0 saturated carbocycles. The van der Waals surface area contributed by atoms with Gasteiger partial charge in [-0.1, -0.05) is 25.1 Å². The average molecular weight is 283 g/mol. The van der Waals surface area contributed by atoms with Gasteiger partial charge in [-0.05, 0) is 30.9 Å². The van der Waals surface area contributed by atoms with E-state index >= 15 is 0 Å². The van der Waals surface area contributed by atoms with Crippen LogP contribution in [0.4, 0.5) is 23.0 Å². The molecule has 1 aliphatic rings. The third kappa shape index (κ3) is 2.63. The summed E-state index contributed by atoms with van der Waals surface area (Å²) >= 11 is 0. The van der Waals surface area contributed by atoms with Crippen LogP contribution in [0.25, 0.3) is 0 Å². The summed E-state index contributed by atoms with van der Waals surface area (Å²) in [7, 11) is 0. The van der Waals surface area contributed by atoms with Crippen molar-refractivity contribution in [1.82, 2.24) is 9.97 Å². The highest BCUT2D eigenvalue weighted by atomic mass is 15.2. The number of hydrogen-bond acceptors (Lipinski definition) is 5. The third-order valence-electron chi connectivity index (χ3n) is 3.77. The molecule has 0 saturated heterocycles. The lowest BCUT2D eigenvalue weighted by Crippen LogP contribution is -2.26. The van der Waals surface area contributed by atoms with Gasteiger partial charge in [-0.25, -0.2) is 9.97 Å². The summed E-state index contributed by atoms with van der Waals surface area (Å²) in [5.74, 6) is 1.53. The first-order valence-electron chi connectivity index (χ1n) is 7.51. The first-order valence-corrected chi connectivity index (χ1v) is 7.51. The van der Waals surface area contributed by atoms with Crippen LogP contribution in [0, 0.1) is 0 Å². The fourth-order valence-corrected chi connectivity index (χ4v) is 2.74. The first kappa shape index (κ1) is 13.7. The largest absolute Gasteiger partial charge is 0.393 e. The minimum Gasteiger partial charge on any atom is -0.393 e. The molecule has 1 aromatic carbocycles. The molecule has 21 heavy (non-hydrogen) atoms. The molecule has 1 aromatic heterocycles. The van der Waals surface area contributed by atoms with Crippen LogP contribution in [-0.4, -0.2) is 23.1 Å². The summed E-state index contributed by atoms with van der Waals surface area (Å²) in [5, 5.41) is 3.26. The molecule has 2 heterocycles. The van der Waals surface area contributed by atoms with Gasteiger partial charge in [0.05, 0.1) is 0 Å². The van der Waals surface area contributed by atoms with E-state index < -0.39 is 0 Å². The zero-order chi connectivity index (χ0) is 14.7. The highest BCUT2D eigenvalue weighted by Gasteiger charge is 2.21. The maximum absolute atomic E-state index is 6.28. The molecule has 0 atom stereocenters. The molecule has 0 radical (unpaired) electrons. The van der Waals surface area contributed by atoms with E-state index in [-0.39, 0.29) is 0 Å². The second kappa shape index (κ2) is 5.99. The average Bonchev–Trinajstić information content (AvgIpc) is 2.53. The number of nitrogens with one attached hydrogen (secondary N) is 1. The highest BCUT2D eigenvalue weighted by Crippen LogP contribution is 2.36. The maximum atomic E-state index is 6.28. The molecule has 110 valence electrons. The van der Waals surface area contributed by atoms with Gasteiger partial charge in [-0.3, -0.25) is 0 Å². The maximum Gasteiger partial charge on any atom is 0.161 e. The molecule has 5 nitrogen and oxygen atoms in total. The van der Waals surface area contributed by atoms with Gasteiger partial charge in [0.2, 0.25) is 0 Å². The van der Waals surface area contributed by atoms with Crippen LogP contribution in [-0.2, 0) is 6.42 Å². The number of para-hydroxylation sites is 1. The Morgan fingerprint density at radius 3 is 3.00 bits per heavy atom. The van der Waals surface area contributed by atoms with E-state index in [1.807, 2.05) is 0 Å². The van der Waals surface area contributed by atoms with Crippen LogP contribution in [0.5, 0.6) is 0 Å². The highest BCUT2D eigenvalue weighted by molar-refractivity contribution is 5.80. The molecule has 0 aliphatic carbocycles. The standard InChI is InChI=1S/C16H21N5/c1-2-9-18-15-14(17)16(20-11-19-15)21-10-5-7-12-6-3-4-8-13(12)21/h3-4,6,8,11H,2,5,7,9-10,17H2,1H3,(H,18,19,20). The molecule has 3 N–H and O–H groups in total. The molecule has 0 amide bonds. The Hall–Kier alpha value is -2.30. The summed E-state index contributed by atoms with van der Waals surface area (Å²) in [4.78, 5) is 10.9. The molecule has 2 aromatic rings. The second-order valence-corrected chi connectivity index (χ2v) is 5.27. The lowest BCUT2D eigenvalue weighted by Gasteiger charge is -2.31. The predicted molar refractivity (Wildman–Crippen MR) is 87.0 cm³/mol. The van der Waals surface area contributed by atoms with Crippen LogP contribution in [0.1, 0.15) is 25.3 Å². The smallest absolute Gasteiger partial charge is 0.161 e. The normalized spacial score (nSPS) is 13.9. The van der Waals surface area contributed by atoms with Crippen molar-refractivity contribution in [2.45, 2.75) is 26.2 Å². The minimum absolute atomic E-state index is 0.627. The Bertz CT molecular complexity index is 626. The van der Waals surface area contributed by atoms with Crippen LogP contribution < -0.4 is 16.0 Å². The first-order chi connectivity index (χ1) is 10.3. The monoisotopic (exact) mass is 283 g/mol. The Kier molecular flexibility index (Phi) is 3.90. The second-order valence-electron chi connectivity index (χ2n) is 5.27. The van der Waals surface area contributed by atoms with Crippen LogP contribution in [0.3, 0.4) is 0 Å². The number of nitrogen functional groups attached to an aromatic ring is 1. The number of nitrogens with zero attached hydrogens (tertiary/aromatic N) is 3. The van der Waals surface area contributed by atoms with Crippen LogP contribution >= 0.6 is 0 Å². The van der Waals surface area contributed by atoms with Crippen molar-refractivity contribution >= 4 is 23.0 Å². The van der Waals surface area contributed by atoms with E-state index in [0.29, 0.717) is 5.69 Å². The summed E-state index contributed by atoms with van der Waals surface area (Å²) in [6.07, 6.45) is 4.84. The van der Waals surface area contributed by atoms with Gasteiger partial charge in [0.15, 0.2) is 11.6 Å². The fraction of sp³-hybridized carbons (Fsp3) is 0.375. The van der Waals surface area contributed by atoms with Gasteiger partial charge >= 0.3 is 0 Å². The summed E-state index contributed by atoms with van der Waals surface area (Å²) in [6.45, 7) is 3.91. The molecule has 5 heteroatoms. The van der Waals surface area contributed by atoms with E-state index in [0.717, 1.165) is 44.0 Å². The van der Waals surface area contributed by atoms with Crippen molar-refractivity contribution in [1.29, 1.82) is 0 Å². The van der Waals surface area contributed by atoms with Crippen molar-refractivity contribution in [3.8, 4) is 0 Å². The Balaban J connectivity index is 1.98. The van der Waals surface area contributed by atoms with Crippen molar-refractivity contribution in [2.24, 2.45) is 0 Å². The molecule has 3 rings (SSSR count). The molecular weight excluding hydrogens is 262 g/mol. The van der Waals surface area contributed by atoms with E-state index in [1.54, 1.807) is 6.33 Å². The number of benzene rings is 1. The number of rotatable bonds is 4. The number of aromatic nitrogens is 2. The lowest BCUT2D eigenvalue weighted by molar-refractivity contribution is 0.759. The van der Waals surface area contributed by atoms with E-state index in [9.17, 15) is 0 Å². The Labute approximate surface area is 125 Å².